The van der Waals surface area contributed by atoms with Gasteiger partial charge in [-0.1, -0.05) is 32.0 Å². The molecule has 0 amide bonds. The van der Waals surface area contributed by atoms with Crippen LogP contribution in [0.15, 0.2) is 48.7 Å². The Morgan fingerprint density at radius 1 is 1.12 bits per heavy atom. The predicted molar refractivity (Wildman–Crippen MR) is 99.1 cm³/mol. The van der Waals surface area contributed by atoms with Gasteiger partial charge in [0.05, 0.1) is 5.69 Å². The first-order valence-electron chi connectivity index (χ1n) is 8.42. The summed E-state index contributed by atoms with van der Waals surface area (Å²) in [5, 5.41) is 3.55. The van der Waals surface area contributed by atoms with E-state index in [0.29, 0.717) is 6.61 Å². The molecule has 1 aromatic heterocycles. The van der Waals surface area contributed by atoms with Crippen molar-refractivity contribution in [1.82, 2.24) is 15.2 Å². The van der Waals surface area contributed by atoms with E-state index in [0.717, 1.165) is 31.1 Å². The second-order valence-electron chi connectivity index (χ2n) is 7.26. The van der Waals surface area contributed by atoms with Crippen LogP contribution in [-0.4, -0.2) is 37.1 Å². The summed E-state index contributed by atoms with van der Waals surface area (Å²) in [6.45, 7) is 7.95. The molecule has 0 fully saturated rings. The molecule has 0 saturated carbocycles. The van der Waals surface area contributed by atoms with E-state index in [2.05, 4.69) is 55.3 Å². The fraction of sp³-hybridized carbons (Fsp3) is 0.450. The molecule has 0 radical (unpaired) electrons. The minimum absolute atomic E-state index is 0.247. The van der Waals surface area contributed by atoms with Gasteiger partial charge >= 0.3 is 0 Å². The van der Waals surface area contributed by atoms with Gasteiger partial charge < -0.3 is 15.0 Å². The quantitative estimate of drug-likeness (QED) is 0.766. The van der Waals surface area contributed by atoms with Crippen LogP contribution < -0.4 is 10.1 Å². The maximum absolute atomic E-state index is 5.84. The number of benzene rings is 1. The molecule has 0 aliphatic carbocycles. The number of ether oxygens (including phenoxy) is 1. The van der Waals surface area contributed by atoms with Crippen LogP contribution in [0.1, 0.15) is 25.1 Å². The van der Waals surface area contributed by atoms with Crippen LogP contribution >= 0.6 is 0 Å². The molecule has 0 bridgehead atoms. The fourth-order valence-electron chi connectivity index (χ4n) is 2.84. The lowest BCUT2D eigenvalue weighted by molar-refractivity contribution is 0.232. The van der Waals surface area contributed by atoms with Crippen LogP contribution in [0.25, 0.3) is 0 Å². The summed E-state index contributed by atoms with van der Waals surface area (Å²) < 4.78 is 5.84. The molecule has 4 nitrogen and oxygen atoms in total. The van der Waals surface area contributed by atoms with Gasteiger partial charge in [0.15, 0.2) is 0 Å². The molecule has 4 heteroatoms. The zero-order valence-electron chi connectivity index (χ0n) is 15.2. The first-order chi connectivity index (χ1) is 11.4. The molecule has 1 heterocycles. The SMILES string of the molecule is CN(C)CC(C)(C)CNCc1cccc(OCc2ccccn2)c1. The lowest BCUT2D eigenvalue weighted by Gasteiger charge is -2.28. The van der Waals surface area contributed by atoms with Gasteiger partial charge in [0, 0.05) is 25.8 Å². The van der Waals surface area contributed by atoms with Gasteiger partial charge in [0.2, 0.25) is 0 Å². The van der Waals surface area contributed by atoms with Crippen LogP contribution in [0.3, 0.4) is 0 Å². The smallest absolute Gasteiger partial charge is 0.130 e. The zero-order chi connectivity index (χ0) is 17.4. The van der Waals surface area contributed by atoms with Gasteiger partial charge in [-0.2, -0.15) is 0 Å². The van der Waals surface area contributed by atoms with Crippen LogP contribution in [0, 0.1) is 5.41 Å². The molecule has 2 rings (SSSR count). The average molecular weight is 327 g/mol. The van der Waals surface area contributed by atoms with Gasteiger partial charge in [-0.05, 0) is 49.3 Å². The van der Waals surface area contributed by atoms with Crippen molar-refractivity contribution in [3.8, 4) is 5.75 Å². The van der Waals surface area contributed by atoms with Crippen LogP contribution in [0.2, 0.25) is 0 Å². The lowest BCUT2D eigenvalue weighted by atomic mass is 9.93. The van der Waals surface area contributed by atoms with E-state index in [9.17, 15) is 0 Å². The molecule has 2 aromatic rings. The molecule has 0 unspecified atom stereocenters. The molecule has 0 aliphatic heterocycles. The highest BCUT2D eigenvalue weighted by molar-refractivity contribution is 5.28. The maximum Gasteiger partial charge on any atom is 0.130 e. The Bertz CT molecular complexity index is 611. The third-order valence-corrected chi connectivity index (χ3v) is 3.69. The van der Waals surface area contributed by atoms with E-state index in [1.807, 2.05) is 30.3 Å². The summed E-state index contributed by atoms with van der Waals surface area (Å²) in [5.74, 6) is 0.882. The van der Waals surface area contributed by atoms with Crippen LogP contribution in [0.5, 0.6) is 5.75 Å². The normalized spacial score (nSPS) is 11.7. The molecular formula is C20H29N3O. The summed E-state index contributed by atoms with van der Waals surface area (Å²) >= 11 is 0. The highest BCUT2D eigenvalue weighted by atomic mass is 16.5. The Morgan fingerprint density at radius 2 is 1.96 bits per heavy atom. The Morgan fingerprint density at radius 3 is 2.67 bits per heavy atom. The average Bonchev–Trinajstić information content (AvgIpc) is 2.53. The fourth-order valence-corrected chi connectivity index (χ4v) is 2.84. The molecule has 0 aliphatic rings. The molecule has 0 atom stereocenters. The predicted octanol–water partition coefficient (Wildman–Crippen LogP) is 3.34. The van der Waals surface area contributed by atoms with Crippen molar-refractivity contribution in [1.29, 1.82) is 0 Å². The number of pyridine rings is 1. The van der Waals surface area contributed by atoms with E-state index >= 15 is 0 Å². The molecule has 0 spiro atoms. The first kappa shape index (κ1) is 18.4. The highest BCUT2D eigenvalue weighted by Gasteiger charge is 2.18. The molecule has 24 heavy (non-hydrogen) atoms. The van der Waals surface area contributed by atoms with Crippen molar-refractivity contribution in [2.24, 2.45) is 5.41 Å². The van der Waals surface area contributed by atoms with E-state index in [-0.39, 0.29) is 5.41 Å². The van der Waals surface area contributed by atoms with Crippen molar-refractivity contribution in [2.45, 2.75) is 27.0 Å². The Kier molecular flexibility index (Phi) is 6.76. The second-order valence-corrected chi connectivity index (χ2v) is 7.26. The van der Waals surface area contributed by atoms with Gasteiger partial charge in [0.25, 0.3) is 0 Å². The van der Waals surface area contributed by atoms with Gasteiger partial charge in [-0.25, -0.2) is 0 Å². The Balaban J connectivity index is 1.82. The Hall–Kier alpha value is -1.91. The number of hydrogen-bond acceptors (Lipinski definition) is 4. The third-order valence-electron chi connectivity index (χ3n) is 3.69. The number of hydrogen-bond donors (Lipinski definition) is 1. The number of rotatable bonds is 9. The third kappa shape index (κ3) is 6.69. The summed E-state index contributed by atoms with van der Waals surface area (Å²) in [6, 6.07) is 14.1. The van der Waals surface area contributed by atoms with E-state index in [1.165, 1.54) is 5.56 Å². The lowest BCUT2D eigenvalue weighted by Crippen LogP contribution is -2.37. The second kappa shape index (κ2) is 8.81. The van der Waals surface area contributed by atoms with Crippen LogP contribution in [0.4, 0.5) is 0 Å². The first-order valence-corrected chi connectivity index (χ1v) is 8.42. The molecule has 1 N–H and O–H groups in total. The molecule has 1 aromatic carbocycles. The van der Waals surface area contributed by atoms with Crippen LogP contribution in [-0.2, 0) is 13.2 Å². The summed E-state index contributed by atoms with van der Waals surface area (Å²) in [7, 11) is 4.23. The minimum Gasteiger partial charge on any atom is -0.487 e. The Labute approximate surface area is 145 Å². The zero-order valence-corrected chi connectivity index (χ0v) is 15.2. The molecule has 0 saturated heterocycles. The van der Waals surface area contributed by atoms with Gasteiger partial charge in [0.1, 0.15) is 12.4 Å². The number of nitrogens with one attached hydrogen (secondary N) is 1. The van der Waals surface area contributed by atoms with Gasteiger partial charge in [-0.15, -0.1) is 0 Å². The number of aromatic nitrogens is 1. The van der Waals surface area contributed by atoms with E-state index in [1.54, 1.807) is 6.20 Å². The summed E-state index contributed by atoms with van der Waals surface area (Å²) in [5.41, 5.74) is 2.41. The highest BCUT2D eigenvalue weighted by Crippen LogP contribution is 2.17. The monoisotopic (exact) mass is 327 g/mol. The summed E-state index contributed by atoms with van der Waals surface area (Å²) in [4.78, 5) is 6.51. The van der Waals surface area contributed by atoms with Gasteiger partial charge in [-0.3, -0.25) is 4.98 Å². The largest absolute Gasteiger partial charge is 0.487 e. The maximum atomic E-state index is 5.84. The standard InChI is InChI=1S/C20H29N3O/c1-20(2,16-23(3)4)15-21-13-17-8-7-10-19(12-17)24-14-18-9-5-6-11-22-18/h5-12,21H,13-16H2,1-4H3. The van der Waals surface area contributed by atoms with E-state index < -0.39 is 0 Å². The van der Waals surface area contributed by atoms with Crippen molar-refractivity contribution in [3.63, 3.8) is 0 Å². The number of nitrogens with zero attached hydrogens (tertiary/aromatic N) is 2. The van der Waals surface area contributed by atoms with E-state index in [4.69, 9.17) is 4.74 Å². The topological polar surface area (TPSA) is 37.4 Å². The van der Waals surface area contributed by atoms with Crippen molar-refractivity contribution >= 4 is 0 Å². The van der Waals surface area contributed by atoms with Crippen molar-refractivity contribution in [3.05, 3.63) is 59.9 Å². The minimum atomic E-state index is 0.247. The van der Waals surface area contributed by atoms with Crippen molar-refractivity contribution in [2.75, 3.05) is 27.2 Å². The summed E-state index contributed by atoms with van der Waals surface area (Å²) in [6.07, 6.45) is 1.79. The van der Waals surface area contributed by atoms with Crippen molar-refractivity contribution < 1.29 is 4.74 Å². The molecular weight excluding hydrogens is 298 g/mol. The molecule has 130 valence electrons.